The van der Waals surface area contributed by atoms with Gasteiger partial charge in [-0.15, -0.1) is 11.3 Å². The summed E-state index contributed by atoms with van der Waals surface area (Å²) < 4.78 is 5.62. The highest BCUT2D eigenvalue weighted by atomic mass is 32.1. The number of thiophene rings is 1. The molecule has 0 aliphatic heterocycles. The fourth-order valence-corrected chi connectivity index (χ4v) is 2.89. The molecule has 0 radical (unpaired) electrons. The third-order valence-electron chi connectivity index (χ3n) is 3.49. The summed E-state index contributed by atoms with van der Waals surface area (Å²) >= 11 is 1.73. The quantitative estimate of drug-likeness (QED) is 0.698. The Bertz CT molecular complexity index is 505. The molecule has 108 valence electrons. The number of nitrogens with one attached hydrogen (secondary N) is 2. The molecule has 5 heteroatoms. The third kappa shape index (κ3) is 3.91. The van der Waals surface area contributed by atoms with E-state index in [2.05, 4.69) is 33.0 Å². The number of ether oxygens (including phenoxy) is 1. The summed E-state index contributed by atoms with van der Waals surface area (Å²) in [5, 5.41) is 12.8. The van der Waals surface area contributed by atoms with Crippen LogP contribution < -0.4 is 5.32 Å². The zero-order chi connectivity index (χ0) is 13.6. The van der Waals surface area contributed by atoms with Crippen molar-refractivity contribution < 1.29 is 4.74 Å². The summed E-state index contributed by atoms with van der Waals surface area (Å²) in [5.41, 5.74) is 2.36. The molecule has 1 saturated carbocycles. The average molecular weight is 291 g/mol. The lowest BCUT2D eigenvalue weighted by Crippen LogP contribution is -2.16. The summed E-state index contributed by atoms with van der Waals surface area (Å²) in [7, 11) is 0. The van der Waals surface area contributed by atoms with Gasteiger partial charge in [0, 0.05) is 25.3 Å². The minimum absolute atomic E-state index is 0.854. The fraction of sp³-hybridized carbons (Fsp3) is 0.533. The number of rotatable bonds is 9. The molecule has 0 aromatic carbocycles. The van der Waals surface area contributed by atoms with E-state index in [1.165, 1.54) is 23.3 Å². The predicted octanol–water partition coefficient (Wildman–Crippen LogP) is 3.04. The second-order valence-electron chi connectivity index (χ2n) is 5.30. The molecule has 3 rings (SSSR count). The van der Waals surface area contributed by atoms with Crippen LogP contribution in [0.2, 0.25) is 0 Å². The normalized spacial score (nSPS) is 14.8. The first kappa shape index (κ1) is 13.8. The summed E-state index contributed by atoms with van der Waals surface area (Å²) in [5.74, 6) is 0.863. The van der Waals surface area contributed by atoms with Gasteiger partial charge in [-0.1, -0.05) is 6.07 Å². The van der Waals surface area contributed by atoms with Gasteiger partial charge < -0.3 is 10.1 Å². The van der Waals surface area contributed by atoms with Gasteiger partial charge in [-0.05, 0) is 43.2 Å². The van der Waals surface area contributed by atoms with E-state index in [4.69, 9.17) is 4.74 Å². The van der Waals surface area contributed by atoms with E-state index in [1.807, 2.05) is 6.20 Å². The van der Waals surface area contributed by atoms with Crippen LogP contribution in [0.25, 0.3) is 10.6 Å². The van der Waals surface area contributed by atoms with Crippen molar-refractivity contribution in [3.8, 4) is 10.6 Å². The van der Waals surface area contributed by atoms with Crippen molar-refractivity contribution in [1.82, 2.24) is 15.5 Å². The molecule has 2 aromatic rings. The lowest BCUT2D eigenvalue weighted by molar-refractivity contribution is 0.122. The molecule has 0 saturated heterocycles. The topological polar surface area (TPSA) is 49.9 Å². The Kier molecular flexibility index (Phi) is 4.84. The molecule has 2 aromatic heterocycles. The molecule has 0 unspecified atom stereocenters. The van der Waals surface area contributed by atoms with Crippen LogP contribution >= 0.6 is 11.3 Å². The van der Waals surface area contributed by atoms with Crippen LogP contribution in [0.15, 0.2) is 23.7 Å². The molecule has 20 heavy (non-hydrogen) atoms. The van der Waals surface area contributed by atoms with E-state index >= 15 is 0 Å². The van der Waals surface area contributed by atoms with E-state index < -0.39 is 0 Å². The molecule has 2 N–H and O–H groups in total. The SMILES string of the molecule is c1csc(-c2[nH]ncc2CNCCCOCC2CC2)c1. The van der Waals surface area contributed by atoms with Gasteiger partial charge in [0.05, 0.1) is 16.8 Å². The molecule has 0 spiro atoms. The number of hydrogen-bond acceptors (Lipinski definition) is 4. The zero-order valence-corrected chi connectivity index (χ0v) is 12.4. The molecule has 4 nitrogen and oxygen atoms in total. The molecule has 0 atom stereocenters. The van der Waals surface area contributed by atoms with Crippen LogP contribution in [0, 0.1) is 5.92 Å². The van der Waals surface area contributed by atoms with Crippen molar-refractivity contribution in [1.29, 1.82) is 0 Å². The minimum Gasteiger partial charge on any atom is -0.381 e. The largest absolute Gasteiger partial charge is 0.381 e. The van der Waals surface area contributed by atoms with Gasteiger partial charge in [0.15, 0.2) is 0 Å². The first-order chi connectivity index (χ1) is 9.93. The highest BCUT2D eigenvalue weighted by molar-refractivity contribution is 7.13. The standard InChI is InChI=1S/C15H21N3OS/c1-3-14(20-8-1)15-13(10-17-18-15)9-16-6-2-7-19-11-12-4-5-12/h1,3,8,10,12,16H,2,4-7,9,11H2,(H,17,18). The second kappa shape index (κ2) is 7.02. The Morgan fingerprint density at radius 3 is 3.20 bits per heavy atom. The Labute approximate surface area is 123 Å². The Morgan fingerprint density at radius 1 is 1.45 bits per heavy atom. The maximum atomic E-state index is 5.62. The van der Waals surface area contributed by atoms with E-state index in [0.29, 0.717) is 0 Å². The van der Waals surface area contributed by atoms with E-state index in [-0.39, 0.29) is 0 Å². The van der Waals surface area contributed by atoms with E-state index in [9.17, 15) is 0 Å². The molecule has 2 heterocycles. The van der Waals surface area contributed by atoms with Crippen molar-refractivity contribution in [2.45, 2.75) is 25.8 Å². The highest BCUT2D eigenvalue weighted by Gasteiger charge is 2.20. The van der Waals surface area contributed by atoms with Crippen molar-refractivity contribution in [2.24, 2.45) is 5.92 Å². The maximum absolute atomic E-state index is 5.62. The summed E-state index contributed by atoms with van der Waals surface area (Å²) in [6, 6.07) is 4.18. The Balaban J connectivity index is 1.35. The smallest absolute Gasteiger partial charge is 0.0794 e. The molecule has 1 aliphatic rings. The van der Waals surface area contributed by atoms with Gasteiger partial charge in [0.25, 0.3) is 0 Å². The fourth-order valence-electron chi connectivity index (χ4n) is 2.14. The molecule has 0 amide bonds. The zero-order valence-electron chi connectivity index (χ0n) is 11.6. The average Bonchev–Trinajstić information content (AvgIpc) is 2.93. The Hall–Kier alpha value is -1.17. The maximum Gasteiger partial charge on any atom is 0.0794 e. The van der Waals surface area contributed by atoms with Crippen LogP contribution in [-0.2, 0) is 11.3 Å². The van der Waals surface area contributed by atoms with E-state index in [1.54, 1.807) is 11.3 Å². The predicted molar refractivity (Wildman–Crippen MR) is 81.8 cm³/mol. The molecule has 0 bridgehead atoms. The number of hydrogen-bond donors (Lipinski definition) is 2. The van der Waals surface area contributed by atoms with Gasteiger partial charge in [-0.2, -0.15) is 5.10 Å². The van der Waals surface area contributed by atoms with Crippen LogP contribution in [-0.4, -0.2) is 30.0 Å². The molecule has 1 aliphatic carbocycles. The molecular formula is C15H21N3OS. The molecular weight excluding hydrogens is 270 g/mol. The van der Waals surface area contributed by atoms with Crippen molar-refractivity contribution in [2.75, 3.05) is 19.8 Å². The summed E-state index contributed by atoms with van der Waals surface area (Å²) in [4.78, 5) is 1.24. The number of nitrogens with zero attached hydrogens (tertiary/aromatic N) is 1. The van der Waals surface area contributed by atoms with Crippen LogP contribution in [0.3, 0.4) is 0 Å². The van der Waals surface area contributed by atoms with Gasteiger partial charge in [0.2, 0.25) is 0 Å². The number of aromatic nitrogens is 2. The molecule has 1 fully saturated rings. The lowest BCUT2D eigenvalue weighted by Gasteiger charge is -2.05. The minimum atomic E-state index is 0.854. The first-order valence-electron chi connectivity index (χ1n) is 7.28. The Morgan fingerprint density at radius 2 is 2.40 bits per heavy atom. The van der Waals surface area contributed by atoms with Crippen LogP contribution in [0.1, 0.15) is 24.8 Å². The summed E-state index contributed by atoms with van der Waals surface area (Å²) in [6.07, 6.45) is 5.71. The summed E-state index contributed by atoms with van der Waals surface area (Å²) in [6.45, 7) is 3.67. The second-order valence-corrected chi connectivity index (χ2v) is 6.24. The van der Waals surface area contributed by atoms with Gasteiger partial charge in [-0.25, -0.2) is 0 Å². The first-order valence-corrected chi connectivity index (χ1v) is 8.16. The monoisotopic (exact) mass is 291 g/mol. The van der Waals surface area contributed by atoms with Gasteiger partial charge >= 0.3 is 0 Å². The number of H-pyrrole nitrogens is 1. The van der Waals surface area contributed by atoms with Crippen molar-refractivity contribution in [3.05, 3.63) is 29.3 Å². The van der Waals surface area contributed by atoms with E-state index in [0.717, 1.165) is 44.3 Å². The van der Waals surface area contributed by atoms with Gasteiger partial charge in [0.1, 0.15) is 0 Å². The van der Waals surface area contributed by atoms with Crippen LogP contribution in [0.5, 0.6) is 0 Å². The van der Waals surface area contributed by atoms with Crippen LogP contribution in [0.4, 0.5) is 0 Å². The third-order valence-corrected chi connectivity index (χ3v) is 4.38. The number of aromatic amines is 1. The van der Waals surface area contributed by atoms with Crippen molar-refractivity contribution >= 4 is 11.3 Å². The lowest BCUT2D eigenvalue weighted by atomic mass is 10.2. The van der Waals surface area contributed by atoms with Gasteiger partial charge in [-0.3, -0.25) is 5.10 Å². The van der Waals surface area contributed by atoms with Crippen molar-refractivity contribution in [3.63, 3.8) is 0 Å². The highest BCUT2D eigenvalue weighted by Crippen LogP contribution is 2.28.